The Hall–Kier alpha value is -0.380. The van der Waals surface area contributed by atoms with Crippen molar-refractivity contribution in [1.29, 1.82) is 0 Å². The summed E-state index contributed by atoms with van der Waals surface area (Å²) in [6, 6.07) is 0. The van der Waals surface area contributed by atoms with E-state index < -0.39 is 0 Å². The standard InChI is InChI=1S/C10H14BrN3/c11-5-7-4-9-12-13-10(14(9)6-7)8-2-1-3-8/h7-8H,1-6H2. The van der Waals surface area contributed by atoms with Gasteiger partial charge in [-0.15, -0.1) is 10.2 Å². The Balaban J connectivity index is 1.87. The average Bonchev–Trinajstić information content (AvgIpc) is 2.63. The van der Waals surface area contributed by atoms with Crippen molar-refractivity contribution in [2.75, 3.05) is 5.33 Å². The first-order valence-electron chi connectivity index (χ1n) is 5.36. The van der Waals surface area contributed by atoms with E-state index in [0.717, 1.165) is 24.2 Å². The third kappa shape index (κ3) is 1.23. The van der Waals surface area contributed by atoms with Crippen LogP contribution in [0.3, 0.4) is 0 Å². The van der Waals surface area contributed by atoms with Gasteiger partial charge in [-0.1, -0.05) is 22.4 Å². The van der Waals surface area contributed by atoms with Gasteiger partial charge in [-0.25, -0.2) is 0 Å². The van der Waals surface area contributed by atoms with Crippen LogP contribution in [0.4, 0.5) is 0 Å². The Morgan fingerprint density at radius 3 is 2.86 bits per heavy atom. The SMILES string of the molecule is BrCC1Cc2nnc(C3CCC3)n2C1. The molecular formula is C10H14BrN3. The minimum atomic E-state index is 0.713. The van der Waals surface area contributed by atoms with Gasteiger partial charge >= 0.3 is 0 Å². The molecule has 0 N–H and O–H groups in total. The van der Waals surface area contributed by atoms with Gasteiger partial charge in [0.2, 0.25) is 0 Å². The second kappa shape index (κ2) is 3.33. The summed E-state index contributed by atoms with van der Waals surface area (Å²) in [6.45, 7) is 1.12. The van der Waals surface area contributed by atoms with Crippen LogP contribution in [-0.4, -0.2) is 20.1 Å². The largest absolute Gasteiger partial charge is 0.314 e. The van der Waals surface area contributed by atoms with Crippen LogP contribution in [0.5, 0.6) is 0 Å². The molecule has 1 aromatic heterocycles. The van der Waals surface area contributed by atoms with Crippen molar-refractivity contribution in [2.24, 2.45) is 5.92 Å². The molecule has 0 bridgehead atoms. The molecule has 3 rings (SSSR count). The zero-order valence-corrected chi connectivity index (χ0v) is 9.70. The van der Waals surface area contributed by atoms with Crippen molar-refractivity contribution in [2.45, 2.75) is 38.1 Å². The highest BCUT2D eigenvalue weighted by molar-refractivity contribution is 9.09. The van der Waals surface area contributed by atoms with Gasteiger partial charge in [0.05, 0.1) is 0 Å². The zero-order chi connectivity index (χ0) is 9.54. The smallest absolute Gasteiger partial charge is 0.136 e. The molecule has 1 aromatic rings. The number of rotatable bonds is 2. The Labute approximate surface area is 92.0 Å². The number of hydrogen-bond acceptors (Lipinski definition) is 2. The van der Waals surface area contributed by atoms with Gasteiger partial charge in [-0.2, -0.15) is 0 Å². The first-order valence-corrected chi connectivity index (χ1v) is 6.48. The van der Waals surface area contributed by atoms with Crippen molar-refractivity contribution in [1.82, 2.24) is 14.8 Å². The highest BCUT2D eigenvalue weighted by atomic mass is 79.9. The third-order valence-electron chi connectivity index (χ3n) is 3.46. The molecule has 76 valence electrons. The summed E-state index contributed by atoms with van der Waals surface area (Å²) in [7, 11) is 0. The monoisotopic (exact) mass is 255 g/mol. The Kier molecular flexibility index (Phi) is 2.11. The predicted octanol–water partition coefficient (Wildman–Crippen LogP) is 2.11. The van der Waals surface area contributed by atoms with E-state index in [4.69, 9.17) is 0 Å². The number of alkyl halides is 1. The molecule has 1 fully saturated rings. The van der Waals surface area contributed by atoms with Gasteiger partial charge < -0.3 is 4.57 Å². The van der Waals surface area contributed by atoms with Gasteiger partial charge in [-0.05, 0) is 18.8 Å². The highest BCUT2D eigenvalue weighted by Crippen LogP contribution is 2.37. The Morgan fingerprint density at radius 2 is 2.21 bits per heavy atom. The molecule has 0 aromatic carbocycles. The first kappa shape index (κ1) is 8.89. The molecule has 1 aliphatic carbocycles. The summed E-state index contributed by atoms with van der Waals surface area (Å²) in [4.78, 5) is 0. The van der Waals surface area contributed by atoms with E-state index in [2.05, 4.69) is 30.7 Å². The van der Waals surface area contributed by atoms with Crippen LogP contribution < -0.4 is 0 Å². The molecule has 3 nitrogen and oxygen atoms in total. The van der Waals surface area contributed by atoms with E-state index in [0.29, 0.717) is 5.92 Å². The minimum absolute atomic E-state index is 0.713. The lowest BCUT2D eigenvalue weighted by atomic mass is 9.85. The molecule has 4 heteroatoms. The van der Waals surface area contributed by atoms with E-state index in [1.54, 1.807) is 0 Å². The normalized spacial score (nSPS) is 26.2. The molecule has 2 aliphatic rings. The number of halogens is 1. The summed E-state index contributed by atoms with van der Waals surface area (Å²) in [5, 5.41) is 9.70. The third-order valence-corrected chi connectivity index (χ3v) is 4.37. The van der Waals surface area contributed by atoms with Crippen molar-refractivity contribution in [3.63, 3.8) is 0 Å². The summed E-state index contributed by atoms with van der Waals surface area (Å²) >= 11 is 3.55. The van der Waals surface area contributed by atoms with E-state index in [9.17, 15) is 0 Å². The van der Waals surface area contributed by atoms with E-state index >= 15 is 0 Å². The lowest BCUT2D eigenvalue weighted by Gasteiger charge is -2.24. The molecule has 14 heavy (non-hydrogen) atoms. The summed E-state index contributed by atoms with van der Waals surface area (Å²) < 4.78 is 2.36. The molecule has 1 aliphatic heterocycles. The summed E-state index contributed by atoms with van der Waals surface area (Å²) in [5.41, 5.74) is 0. The number of fused-ring (bicyclic) bond motifs is 1. The van der Waals surface area contributed by atoms with Crippen molar-refractivity contribution >= 4 is 15.9 Å². The van der Waals surface area contributed by atoms with Gasteiger partial charge in [-0.3, -0.25) is 0 Å². The predicted molar refractivity (Wildman–Crippen MR) is 57.6 cm³/mol. The average molecular weight is 256 g/mol. The molecule has 0 amide bonds. The molecule has 1 saturated carbocycles. The lowest BCUT2D eigenvalue weighted by molar-refractivity contribution is 0.383. The van der Waals surface area contributed by atoms with Gasteiger partial charge in [0, 0.05) is 24.2 Å². The maximum Gasteiger partial charge on any atom is 0.136 e. The molecule has 0 spiro atoms. The van der Waals surface area contributed by atoms with Gasteiger partial charge in [0.15, 0.2) is 0 Å². The molecule has 1 atom stereocenters. The minimum Gasteiger partial charge on any atom is -0.314 e. The van der Waals surface area contributed by atoms with Crippen LogP contribution in [-0.2, 0) is 13.0 Å². The fraction of sp³-hybridized carbons (Fsp3) is 0.800. The lowest BCUT2D eigenvalue weighted by Crippen LogP contribution is -2.16. The first-order chi connectivity index (χ1) is 6.88. The molecule has 0 saturated heterocycles. The Morgan fingerprint density at radius 1 is 1.36 bits per heavy atom. The fourth-order valence-corrected chi connectivity index (χ4v) is 2.79. The Bertz CT molecular complexity index is 343. The number of nitrogens with zero attached hydrogens (tertiary/aromatic N) is 3. The van der Waals surface area contributed by atoms with Crippen LogP contribution in [0.1, 0.15) is 36.8 Å². The van der Waals surface area contributed by atoms with Crippen molar-refractivity contribution in [3.8, 4) is 0 Å². The maximum absolute atomic E-state index is 4.33. The number of hydrogen-bond donors (Lipinski definition) is 0. The zero-order valence-electron chi connectivity index (χ0n) is 8.12. The van der Waals surface area contributed by atoms with Crippen LogP contribution in [0, 0.1) is 5.92 Å². The number of aromatic nitrogens is 3. The van der Waals surface area contributed by atoms with Crippen LogP contribution >= 0.6 is 15.9 Å². The highest BCUT2D eigenvalue weighted by Gasteiger charge is 2.31. The van der Waals surface area contributed by atoms with E-state index in [-0.39, 0.29) is 0 Å². The summed E-state index contributed by atoms with van der Waals surface area (Å²) in [6.07, 6.45) is 5.11. The molecule has 0 radical (unpaired) electrons. The van der Waals surface area contributed by atoms with Crippen LogP contribution in [0.2, 0.25) is 0 Å². The fourth-order valence-electron chi connectivity index (χ4n) is 2.35. The topological polar surface area (TPSA) is 30.7 Å². The van der Waals surface area contributed by atoms with E-state index in [1.165, 1.54) is 30.9 Å². The maximum atomic E-state index is 4.33. The quantitative estimate of drug-likeness (QED) is 0.759. The second-order valence-electron chi connectivity index (χ2n) is 4.44. The van der Waals surface area contributed by atoms with E-state index in [1.807, 2.05) is 0 Å². The molecule has 1 unspecified atom stereocenters. The van der Waals surface area contributed by atoms with Gasteiger partial charge in [0.25, 0.3) is 0 Å². The van der Waals surface area contributed by atoms with Gasteiger partial charge in [0.1, 0.15) is 11.6 Å². The van der Waals surface area contributed by atoms with Crippen molar-refractivity contribution in [3.05, 3.63) is 11.6 Å². The van der Waals surface area contributed by atoms with Crippen LogP contribution in [0.25, 0.3) is 0 Å². The van der Waals surface area contributed by atoms with Crippen LogP contribution in [0.15, 0.2) is 0 Å². The summed E-state index contributed by atoms with van der Waals surface area (Å²) in [5.74, 6) is 3.91. The molecular weight excluding hydrogens is 242 g/mol. The van der Waals surface area contributed by atoms with Crippen molar-refractivity contribution < 1.29 is 0 Å². The second-order valence-corrected chi connectivity index (χ2v) is 5.08. The molecule has 2 heterocycles.